The molecule has 2 heterocycles. The third kappa shape index (κ3) is 4.18. The highest BCUT2D eigenvalue weighted by Crippen LogP contribution is 2.26. The van der Waals surface area contributed by atoms with Crippen LogP contribution in [0.1, 0.15) is 41.1 Å². The molecule has 3 nitrogen and oxygen atoms in total. The van der Waals surface area contributed by atoms with E-state index in [1.54, 1.807) is 0 Å². The minimum absolute atomic E-state index is 0.471. The number of thiophene rings is 1. The summed E-state index contributed by atoms with van der Waals surface area (Å²) < 4.78 is 1.87. The van der Waals surface area contributed by atoms with E-state index >= 15 is 0 Å². The molecule has 1 unspecified atom stereocenters. The highest BCUT2D eigenvalue weighted by molar-refractivity contribution is 7.12. The van der Waals surface area contributed by atoms with Crippen LogP contribution in [-0.4, -0.2) is 16.3 Å². The van der Waals surface area contributed by atoms with Crippen LogP contribution < -0.4 is 5.32 Å². The Hall–Kier alpha value is -1.13. The summed E-state index contributed by atoms with van der Waals surface area (Å²) in [4.78, 5) is 2.84. The Balaban J connectivity index is 1.97. The van der Waals surface area contributed by atoms with Gasteiger partial charge < -0.3 is 5.32 Å². The molecule has 1 N–H and O–H groups in total. The third-order valence-electron chi connectivity index (χ3n) is 3.23. The van der Waals surface area contributed by atoms with Crippen molar-refractivity contribution in [2.24, 2.45) is 7.05 Å². The minimum atomic E-state index is 0.471. The number of rotatable bonds is 7. The van der Waals surface area contributed by atoms with Crippen LogP contribution >= 0.6 is 11.3 Å². The first kappa shape index (κ1) is 14.3. The number of hydrogen-bond acceptors (Lipinski definition) is 3. The largest absolute Gasteiger partial charge is 0.309 e. The average molecular weight is 277 g/mol. The van der Waals surface area contributed by atoms with E-state index < -0.39 is 0 Å². The van der Waals surface area contributed by atoms with Gasteiger partial charge in [-0.05, 0) is 50.4 Å². The Morgan fingerprint density at radius 3 is 2.84 bits per heavy atom. The van der Waals surface area contributed by atoms with E-state index in [0.29, 0.717) is 6.04 Å². The predicted molar refractivity (Wildman–Crippen MR) is 81.6 cm³/mol. The molecule has 1 atom stereocenters. The molecule has 104 valence electrons. The van der Waals surface area contributed by atoms with Gasteiger partial charge in [-0.3, -0.25) is 4.68 Å². The number of nitrogens with one attached hydrogen (secondary N) is 1. The molecule has 0 aliphatic heterocycles. The first-order valence-electron chi connectivity index (χ1n) is 6.96. The molecule has 4 heteroatoms. The molecule has 19 heavy (non-hydrogen) atoms. The zero-order chi connectivity index (χ0) is 13.7. The lowest BCUT2D eigenvalue weighted by Crippen LogP contribution is -2.21. The van der Waals surface area contributed by atoms with Crippen LogP contribution in [-0.2, 0) is 13.5 Å². The Morgan fingerprint density at radius 1 is 1.42 bits per heavy atom. The van der Waals surface area contributed by atoms with Crippen molar-refractivity contribution in [3.8, 4) is 0 Å². The van der Waals surface area contributed by atoms with Gasteiger partial charge in [0.05, 0.1) is 6.20 Å². The highest BCUT2D eigenvalue weighted by atomic mass is 32.1. The average Bonchev–Trinajstić information content (AvgIpc) is 2.99. The van der Waals surface area contributed by atoms with Crippen molar-refractivity contribution in [2.75, 3.05) is 6.54 Å². The molecule has 0 saturated carbocycles. The summed E-state index contributed by atoms with van der Waals surface area (Å²) in [6.07, 6.45) is 7.46. The van der Waals surface area contributed by atoms with Gasteiger partial charge >= 0.3 is 0 Å². The molecule has 0 amide bonds. The van der Waals surface area contributed by atoms with Crippen molar-refractivity contribution in [1.29, 1.82) is 0 Å². The van der Waals surface area contributed by atoms with Gasteiger partial charge in [0, 0.05) is 29.0 Å². The fourth-order valence-corrected chi connectivity index (χ4v) is 3.20. The van der Waals surface area contributed by atoms with Gasteiger partial charge in [0.15, 0.2) is 0 Å². The zero-order valence-corrected chi connectivity index (χ0v) is 12.8. The van der Waals surface area contributed by atoms with Gasteiger partial charge in [-0.1, -0.05) is 6.92 Å². The fourth-order valence-electron chi connectivity index (χ4n) is 2.22. The van der Waals surface area contributed by atoms with E-state index in [0.717, 1.165) is 19.4 Å². The summed E-state index contributed by atoms with van der Waals surface area (Å²) in [6.45, 7) is 5.46. The molecule has 2 rings (SSSR count). The zero-order valence-electron chi connectivity index (χ0n) is 12.0. The van der Waals surface area contributed by atoms with Crippen LogP contribution in [0.5, 0.6) is 0 Å². The van der Waals surface area contributed by atoms with E-state index in [2.05, 4.69) is 42.6 Å². The predicted octanol–water partition coefficient (Wildman–Crippen LogP) is 3.46. The summed E-state index contributed by atoms with van der Waals surface area (Å²) in [7, 11) is 1.97. The lowest BCUT2D eigenvalue weighted by Gasteiger charge is -2.16. The highest BCUT2D eigenvalue weighted by Gasteiger charge is 2.13. The Labute approximate surface area is 119 Å². The first-order chi connectivity index (χ1) is 9.19. The van der Waals surface area contributed by atoms with Crippen molar-refractivity contribution in [3.63, 3.8) is 0 Å². The number of nitrogens with zero attached hydrogens (tertiary/aromatic N) is 2. The van der Waals surface area contributed by atoms with Crippen LogP contribution in [0.15, 0.2) is 24.5 Å². The van der Waals surface area contributed by atoms with E-state index in [9.17, 15) is 0 Å². The smallest absolute Gasteiger partial charge is 0.0521 e. The summed E-state index contributed by atoms with van der Waals surface area (Å²) in [5.41, 5.74) is 1.32. The van der Waals surface area contributed by atoms with Crippen molar-refractivity contribution in [3.05, 3.63) is 39.8 Å². The maximum atomic E-state index is 4.23. The third-order valence-corrected chi connectivity index (χ3v) is 4.34. The van der Waals surface area contributed by atoms with Crippen molar-refractivity contribution < 1.29 is 0 Å². The van der Waals surface area contributed by atoms with Crippen molar-refractivity contribution in [2.45, 2.75) is 39.2 Å². The quantitative estimate of drug-likeness (QED) is 0.840. The molecule has 0 aliphatic rings. The van der Waals surface area contributed by atoms with Gasteiger partial charge in [0.25, 0.3) is 0 Å². The molecular formula is C15H23N3S. The maximum Gasteiger partial charge on any atom is 0.0521 e. The van der Waals surface area contributed by atoms with Crippen LogP contribution in [0, 0.1) is 6.92 Å². The van der Waals surface area contributed by atoms with E-state index in [1.165, 1.54) is 21.7 Å². The number of aryl methyl sites for hydroxylation is 3. The van der Waals surface area contributed by atoms with Crippen molar-refractivity contribution >= 4 is 11.3 Å². The molecule has 0 radical (unpaired) electrons. The summed E-state index contributed by atoms with van der Waals surface area (Å²) in [5.74, 6) is 0. The van der Waals surface area contributed by atoms with Gasteiger partial charge in [0.2, 0.25) is 0 Å². The molecule has 0 saturated heterocycles. The van der Waals surface area contributed by atoms with Gasteiger partial charge in [-0.2, -0.15) is 5.10 Å². The molecule has 2 aromatic heterocycles. The molecule has 0 aromatic carbocycles. The van der Waals surface area contributed by atoms with Gasteiger partial charge in [0.1, 0.15) is 0 Å². The number of hydrogen-bond donors (Lipinski definition) is 1. The lowest BCUT2D eigenvalue weighted by atomic mass is 10.1. The second kappa shape index (κ2) is 6.87. The molecular weight excluding hydrogens is 254 g/mol. The molecule has 0 fully saturated rings. The minimum Gasteiger partial charge on any atom is -0.309 e. The number of aromatic nitrogens is 2. The van der Waals surface area contributed by atoms with Gasteiger partial charge in [-0.25, -0.2) is 0 Å². The second-order valence-corrected chi connectivity index (χ2v) is 6.34. The van der Waals surface area contributed by atoms with E-state index in [-0.39, 0.29) is 0 Å². The van der Waals surface area contributed by atoms with Crippen LogP contribution in [0.2, 0.25) is 0 Å². The Bertz CT molecular complexity index is 501. The summed E-state index contributed by atoms with van der Waals surface area (Å²) in [5, 5.41) is 7.89. The standard InChI is InChI=1S/C15H23N3S/c1-4-9-16-14(15-8-5-12(2)19-15)7-6-13-10-17-18(3)11-13/h5,8,10-11,14,16H,4,6-7,9H2,1-3H3. The Morgan fingerprint density at radius 2 is 2.26 bits per heavy atom. The first-order valence-corrected chi connectivity index (χ1v) is 7.78. The van der Waals surface area contributed by atoms with E-state index in [1.807, 2.05) is 29.3 Å². The monoisotopic (exact) mass is 277 g/mol. The normalized spacial score (nSPS) is 12.8. The molecule has 0 spiro atoms. The lowest BCUT2D eigenvalue weighted by molar-refractivity contribution is 0.506. The molecule has 2 aromatic rings. The fraction of sp³-hybridized carbons (Fsp3) is 0.533. The maximum absolute atomic E-state index is 4.23. The second-order valence-electron chi connectivity index (χ2n) is 5.02. The topological polar surface area (TPSA) is 29.9 Å². The Kier molecular flexibility index (Phi) is 5.16. The molecule has 0 aliphatic carbocycles. The van der Waals surface area contributed by atoms with Gasteiger partial charge in [-0.15, -0.1) is 11.3 Å². The van der Waals surface area contributed by atoms with Crippen LogP contribution in [0.25, 0.3) is 0 Å². The molecule has 0 bridgehead atoms. The summed E-state index contributed by atoms with van der Waals surface area (Å²) in [6, 6.07) is 4.94. The summed E-state index contributed by atoms with van der Waals surface area (Å²) >= 11 is 1.90. The SMILES string of the molecule is CCCNC(CCc1cnn(C)c1)c1ccc(C)s1. The van der Waals surface area contributed by atoms with E-state index in [4.69, 9.17) is 0 Å². The van der Waals surface area contributed by atoms with Crippen molar-refractivity contribution in [1.82, 2.24) is 15.1 Å². The van der Waals surface area contributed by atoms with Crippen LogP contribution in [0.3, 0.4) is 0 Å². The van der Waals surface area contributed by atoms with Crippen LogP contribution in [0.4, 0.5) is 0 Å².